The minimum atomic E-state index is 0.0466. The maximum atomic E-state index is 11.6. The summed E-state index contributed by atoms with van der Waals surface area (Å²) in [5, 5.41) is 6.06. The van der Waals surface area contributed by atoms with E-state index in [2.05, 4.69) is 17.6 Å². The van der Waals surface area contributed by atoms with Crippen molar-refractivity contribution < 1.29 is 4.79 Å². The molecular formula is C15H26N2O. The summed E-state index contributed by atoms with van der Waals surface area (Å²) in [5.41, 5.74) is 0. The Bertz CT molecular complexity index is 310. The van der Waals surface area contributed by atoms with Crippen LogP contribution in [0.5, 0.6) is 0 Å². The van der Waals surface area contributed by atoms with Crippen LogP contribution in [0.15, 0.2) is 0 Å². The van der Waals surface area contributed by atoms with Crippen LogP contribution in [0.25, 0.3) is 0 Å². The molecule has 2 N–H and O–H groups in total. The number of carbonyl (C=O) groups excluding carboxylic acids is 1. The van der Waals surface area contributed by atoms with Crippen molar-refractivity contribution in [3.05, 3.63) is 0 Å². The Morgan fingerprint density at radius 3 is 2.44 bits per heavy atom. The third-order valence-electron chi connectivity index (χ3n) is 5.42. The zero-order valence-electron chi connectivity index (χ0n) is 11.5. The monoisotopic (exact) mass is 250 g/mol. The van der Waals surface area contributed by atoms with Crippen LogP contribution in [-0.4, -0.2) is 18.6 Å². The van der Waals surface area contributed by atoms with Crippen molar-refractivity contribution in [3.63, 3.8) is 0 Å². The Balaban J connectivity index is 1.33. The van der Waals surface area contributed by atoms with Crippen molar-refractivity contribution in [1.29, 1.82) is 0 Å². The zero-order valence-corrected chi connectivity index (χ0v) is 11.5. The van der Waals surface area contributed by atoms with Crippen LogP contribution in [0.2, 0.25) is 0 Å². The fraction of sp³-hybridized carbons (Fsp3) is 0.933. The van der Waals surface area contributed by atoms with Gasteiger partial charge < -0.3 is 10.6 Å². The predicted octanol–water partition coefficient (Wildman–Crippen LogP) is 2.91. The standard InChI is InChI=1S/C15H26N2O/c1-10-8-14(10)17-15(18)16-7-6-13-9-11-2-4-12(13)5-3-11/h10-14H,2-9H2,1H3,(H2,16,17,18). The Kier molecular flexibility index (Phi) is 3.49. The van der Waals surface area contributed by atoms with Crippen molar-refractivity contribution in [1.82, 2.24) is 10.6 Å². The summed E-state index contributed by atoms with van der Waals surface area (Å²) in [7, 11) is 0. The highest BCUT2D eigenvalue weighted by Gasteiger charge is 2.35. The summed E-state index contributed by atoms with van der Waals surface area (Å²) in [6.45, 7) is 3.05. The lowest BCUT2D eigenvalue weighted by Crippen LogP contribution is -2.39. The van der Waals surface area contributed by atoms with Gasteiger partial charge in [-0.1, -0.05) is 19.8 Å². The molecule has 4 saturated carbocycles. The number of nitrogens with one attached hydrogen (secondary N) is 2. The number of carbonyl (C=O) groups is 1. The largest absolute Gasteiger partial charge is 0.338 e. The van der Waals surface area contributed by atoms with Gasteiger partial charge in [-0.05, 0) is 55.8 Å². The van der Waals surface area contributed by atoms with E-state index in [4.69, 9.17) is 0 Å². The number of rotatable bonds is 4. The van der Waals surface area contributed by atoms with E-state index in [0.717, 1.165) is 30.7 Å². The van der Waals surface area contributed by atoms with E-state index >= 15 is 0 Å². The number of fused-ring (bicyclic) bond motifs is 3. The van der Waals surface area contributed by atoms with E-state index in [0.29, 0.717) is 12.0 Å². The van der Waals surface area contributed by atoms with Crippen LogP contribution in [0.1, 0.15) is 51.9 Å². The highest BCUT2D eigenvalue weighted by atomic mass is 16.2. The van der Waals surface area contributed by atoms with E-state index in [1.54, 1.807) is 0 Å². The van der Waals surface area contributed by atoms with Crippen LogP contribution in [0.3, 0.4) is 0 Å². The molecule has 2 bridgehead atoms. The van der Waals surface area contributed by atoms with Gasteiger partial charge in [-0.15, -0.1) is 0 Å². The molecular weight excluding hydrogens is 224 g/mol. The molecule has 4 aliphatic carbocycles. The summed E-state index contributed by atoms with van der Waals surface area (Å²) in [6, 6.07) is 0.487. The molecule has 102 valence electrons. The fourth-order valence-corrected chi connectivity index (χ4v) is 3.98. The van der Waals surface area contributed by atoms with Crippen molar-refractivity contribution in [2.24, 2.45) is 23.7 Å². The first kappa shape index (κ1) is 12.3. The van der Waals surface area contributed by atoms with Crippen molar-refractivity contribution in [2.45, 2.75) is 57.9 Å². The topological polar surface area (TPSA) is 41.1 Å². The zero-order chi connectivity index (χ0) is 12.5. The average molecular weight is 250 g/mol. The molecule has 2 amide bonds. The molecule has 0 aliphatic heterocycles. The van der Waals surface area contributed by atoms with Crippen molar-refractivity contribution in [3.8, 4) is 0 Å². The van der Waals surface area contributed by atoms with Crippen LogP contribution < -0.4 is 10.6 Å². The molecule has 3 heteroatoms. The molecule has 0 aromatic rings. The Morgan fingerprint density at radius 2 is 1.89 bits per heavy atom. The van der Waals surface area contributed by atoms with E-state index in [-0.39, 0.29) is 6.03 Å². The lowest BCUT2D eigenvalue weighted by molar-refractivity contribution is 0.0934. The average Bonchev–Trinajstić information content (AvgIpc) is 3.06. The van der Waals surface area contributed by atoms with Crippen LogP contribution in [-0.2, 0) is 0 Å². The van der Waals surface area contributed by atoms with Gasteiger partial charge >= 0.3 is 6.03 Å². The number of urea groups is 1. The maximum Gasteiger partial charge on any atom is 0.315 e. The van der Waals surface area contributed by atoms with Gasteiger partial charge in [0.2, 0.25) is 0 Å². The highest BCUT2D eigenvalue weighted by Crippen LogP contribution is 2.46. The second kappa shape index (κ2) is 5.10. The van der Waals surface area contributed by atoms with E-state index in [1.165, 1.54) is 38.5 Å². The molecule has 3 atom stereocenters. The fourth-order valence-electron chi connectivity index (χ4n) is 3.98. The van der Waals surface area contributed by atoms with Gasteiger partial charge in [-0.2, -0.15) is 0 Å². The van der Waals surface area contributed by atoms with Crippen molar-refractivity contribution >= 4 is 6.03 Å². The summed E-state index contributed by atoms with van der Waals surface area (Å²) < 4.78 is 0. The van der Waals surface area contributed by atoms with Gasteiger partial charge in [0.15, 0.2) is 0 Å². The first-order valence-corrected chi connectivity index (χ1v) is 7.76. The second-order valence-electron chi connectivity index (χ2n) is 6.78. The molecule has 0 saturated heterocycles. The third-order valence-corrected chi connectivity index (χ3v) is 5.42. The highest BCUT2D eigenvalue weighted by molar-refractivity contribution is 5.74. The van der Waals surface area contributed by atoms with Gasteiger partial charge in [-0.25, -0.2) is 4.79 Å². The maximum absolute atomic E-state index is 11.6. The quantitative estimate of drug-likeness (QED) is 0.791. The second-order valence-corrected chi connectivity index (χ2v) is 6.78. The van der Waals surface area contributed by atoms with E-state index in [1.807, 2.05) is 0 Å². The van der Waals surface area contributed by atoms with Gasteiger partial charge in [0, 0.05) is 12.6 Å². The molecule has 4 fully saturated rings. The molecule has 4 aliphatic rings. The lowest BCUT2D eigenvalue weighted by atomic mass is 9.64. The summed E-state index contributed by atoms with van der Waals surface area (Å²) in [4.78, 5) is 11.6. The third kappa shape index (κ3) is 2.81. The van der Waals surface area contributed by atoms with E-state index < -0.39 is 0 Å². The minimum Gasteiger partial charge on any atom is -0.338 e. The summed E-state index contributed by atoms with van der Waals surface area (Å²) in [5.74, 6) is 3.53. The molecule has 0 aromatic carbocycles. The normalized spacial score (nSPS) is 41.5. The number of hydrogen-bond donors (Lipinski definition) is 2. The minimum absolute atomic E-state index is 0.0466. The Morgan fingerprint density at radius 1 is 1.17 bits per heavy atom. The van der Waals surface area contributed by atoms with E-state index in [9.17, 15) is 4.79 Å². The Labute approximate surface area is 110 Å². The van der Waals surface area contributed by atoms with Gasteiger partial charge in [-0.3, -0.25) is 0 Å². The lowest BCUT2D eigenvalue weighted by Gasteiger charge is -2.42. The molecule has 18 heavy (non-hydrogen) atoms. The molecule has 3 nitrogen and oxygen atoms in total. The molecule has 4 rings (SSSR count). The Hall–Kier alpha value is -0.730. The molecule has 0 heterocycles. The molecule has 3 unspecified atom stereocenters. The summed E-state index contributed by atoms with van der Waals surface area (Å²) in [6.07, 6.45) is 9.59. The first-order valence-electron chi connectivity index (χ1n) is 7.76. The van der Waals surface area contributed by atoms with Gasteiger partial charge in [0.1, 0.15) is 0 Å². The van der Waals surface area contributed by atoms with Crippen LogP contribution >= 0.6 is 0 Å². The van der Waals surface area contributed by atoms with Crippen LogP contribution in [0.4, 0.5) is 4.79 Å². The predicted molar refractivity (Wildman–Crippen MR) is 72.3 cm³/mol. The number of hydrogen-bond acceptors (Lipinski definition) is 1. The smallest absolute Gasteiger partial charge is 0.315 e. The first-order chi connectivity index (χ1) is 8.72. The molecule has 0 aromatic heterocycles. The van der Waals surface area contributed by atoms with Gasteiger partial charge in [0.05, 0.1) is 0 Å². The molecule has 0 radical (unpaired) electrons. The van der Waals surface area contributed by atoms with Crippen molar-refractivity contribution in [2.75, 3.05) is 6.54 Å². The van der Waals surface area contributed by atoms with Gasteiger partial charge in [0.25, 0.3) is 0 Å². The molecule has 0 spiro atoms. The summed E-state index contributed by atoms with van der Waals surface area (Å²) >= 11 is 0. The van der Waals surface area contributed by atoms with Crippen LogP contribution in [0, 0.1) is 23.7 Å². The SMILES string of the molecule is CC1CC1NC(=O)NCCC1CC2CCC1CC2. The number of amides is 2.